The standard InChI is InChI=1S/C18H11BrF2O3/c19-16-14-7-2-1-4-11(14)8-9-15(16)24-17(22)12-5-3-6-13(10-12)23-18(20)21/h1-10,18H. The topological polar surface area (TPSA) is 35.5 Å². The molecule has 0 atom stereocenters. The molecule has 0 saturated heterocycles. The van der Waals surface area contributed by atoms with Gasteiger partial charge in [0.25, 0.3) is 0 Å². The normalized spacial score (nSPS) is 10.8. The van der Waals surface area contributed by atoms with E-state index in [-0.39, 0.29) is 11.3 Å². The van der Waals surface area contributed by atoms with Gasteiger partial charge >= 0.3 is 12.6 Å². The van der Waals surface area contributed by atoms with Gasteiger partial charge in [-0.1, -0.05) is 36.4 Å². The first-order valence-electron chi connectivity index (χ1n) is 6.99. The van der Waals surface area contributed by atoms with Gasteiger partial charge in [0.15, 0.2) is 0 Å². The summed E-state index contributed by atoms with van der Waals surface area (Å²) in [7, 11) is 0. The lowest BCUT2D eigenvalue weighted by atomic mass is 10.1. The van der Waals surface area contributed by atoms with E-state index in [0.29, 0.717) is 10.2 Å². The Morgan fingerprint density at radius 1 is 1.00 bits per heavy atom. The van der Waals surface area contributed by atoms with E-state index in [1.807, 2.05) is 30.3 Å². The molecule has 3 rings (SSSR count). The molecule has 3 nitrogen and oxygen atoms in total. The predicted molar refractivity (Wildman–Crippen MR) is 89.7 cm³/mol. The van der Waals surface area contributed by atoms with Crippen LogP contribution in [-0.4, -0.2) is 12.6 Å². The minimum Gasteiger partial charge on any atom is -0.435 e. The van der Waals surface area contributed by atoms with Gasteiger partial charge in [0.05, 0.1) is 10.0 Å². The van der Waals surface area contributed by atoms with E-state index in [9.17, 15) is 13.6 Å². The van der Waals surface area contributed by atoms with Crippen molar-refractivity contribution in [2.45, 2.75) is 6.61 Å². The largest absolute Gasteiger partial charge is 0.435 e. The number of benzene rings is 3. The lowest BCUT2D eigenvalue weighted by Crippen LogP contribution is -2.10. The lowest BCUT2D eigenvalue weighted by Gasteiger charge is -2.10. The minimum atomic E-state index is -2.95. The molecule has 6 heteroatoms. The number of hydrogen-bond acceptors (Lipinski definition) is 3. The van der Waals surface area contributed by atoms with Gasteiger partial charge in [0, 0.05) is 0 Å². The van der Waals surface area contributed by atoms with E-state index in [2.05, 4.69) is 20.7 Å². The van der Waals surface area contributed by atoms with Crippen LogP contribution < -0.4 is 9.47 Å². The molecule has 0 amide bonds. The summed E-state index contributed by atoms with van der Waals surface area (Å²) in [4.78, 5) is 12.3. The first-order chi connectivity index (χ1) is 11.5. The Morgan fingerprint density at radius 3 is 2.58 bits per heavy atom. The van der Waals surface area contributed by atoms with Crippen LogP contribution in [0, 0.1) is 0 Å². The van der Waals surface area contributed by atoms with Crippen LogP contribution in [0.15, 0.2) is 65.1 Å². The van der Waals surface area contributed by atoms with Crippen LogP contribution in [0.4, 0.5) is 8.78 Å². The molecule has 3 aromatic carbocycles. The molecule has 0 N–H and O–H groups in total. The smallest absolute Gasteiger partial charge is 0.387 e. The number of alkyl halides is 2. The van der Waals surface area contributed by atoms with Crippen molar-refractivity contribution in [3.05, 3.63) is 70.7 Å². The number of hydrogen-bond donors (Lipinski definition) is 0. The molecular weight excluding hydrogens is 382 g/mol. The summed E-state index contributed by atoms with van der Waals surface area (Å²) in [6.07, 6.45) is 0. The predicted octanol–water partition coefficient (Wildman–Crippen LogP) is 5.42. The van der Waals surface area contributed by atoms with Crippen LogP contribution in [0.2, 0.25) is 0 Å². The average molecular weight is 393 g/mol. The number of carbonyl (C=O) groups excluding carboxylic acids is 1. The molecule has 0 aliphatic carbocycles. The molecule has 0 spiro atoms. The molecule has 3 aromatic rings. The molecule has 0 radical (unpaired) electrons. The van der Waals surface area contributed by atoms with Crippen LogP contribution in [0.5, 0.6) is 11.5 Å². The fourth-order valence-electron chi connectivity index (χ4n) is 2.25. The van der Waals surface area contributed by atoms with Gasteiger partial charge in [-0.2, -0.15) is 8.78 Å². The molecule has 24 heavy (non-hydrogen) atoms. The summed E-state index contributed by atoms with van der Waals surface area (Å²) < 4.78 is 34.8. The second-order valence-corrected chi connectivity index (χ2v) is 5.69. The zero-order chi connectivity index (χ0) is 17.1. The zero-order valence-corrected chi connectivity index (χ0v) is 13.8. The summed E-state index contributed by atoms with van der Waals surface area (Å²) in [6.45, 7) is -2.95. The fraction of sp³-hybridized carbons (Fsp3) is 0.0556. The summed E-state index contributed by atoms with van der Waals surface area (Å²) >= 11 is 3.43. The molecule has 0 aromatic heterocycles. The third kappa shape index (κ3) is 3.54. The van der Waals surface area contributed by atoms with Crippen molar-refractivity contribution in [1.29, 1.82) is 0 Å². The van der Waals surface area contributed by atoms with E-state index in [0.717, 1.165) is 10.8 Å². The van der Waals surface area contributed by atoms with E-state index in [4.69, 9.17) is 4.74 Å². The number of fused-ring (bicyclic) bond motifs is 1. The number of esters is 1. The maximum atomic E-state index is 12.3. The first-order valence-corrected chi connectivity index (χ1v) is 7.78. The van der Waals surface area contributed by atoms with Crippen LogP contribution >= 0.6 is 15.9 Å². The molecule has 0 aliphatic rings. The van der Waals surface area contributed by atoms with Gasteiger partial charge in [-0.15, -0.1) is 0 Å². The molecule has 0 aliphatic heterocycles. The molecule has 0 bridgehead atoms. The van der Waals surface area contributed by atoms with E-state index in [1.54, 1.807) is 6.07 Å². The highest BCUT2D eigenvalue weighted by atomic mass is 79.9. The van der Waals surface area contributed by atoms with Crippen molar-refractivity contribution in [1.82, 2.24) is 0 Å². The van der Waals surface area contributed by atoms with E-state index >= 15 is 0 Å². The van der Waals surface area contributed by atoms with Crippen LogP contribution in [0.3, 0.4) is 0 Å². The summed E-state index contributed by atoms with van der Waals surface area (Å²) in [5.41, 5.74) is 0.119. The van der Waals surface area contributed by atoms with Crippen molar-refractivity contribution < 1.29 is 23.0 Å². The molecular formula is C18H11BrF2O3. The molecule has 122 valence electrons. The molecule has 0 fully saturated rings. The Balaban J connectivity index is 1.86. The Morgan fingerprint density at radius 2 is 1.79 bits per heavy atom. The number of halogens is 3. The van der Waals surface area contributed by atoms with Crippen LogP contribution in [0.1, 0.15) is 10.4 Å². The number of rotatable bonds is 4. The Labute approximate surface area is 144 Å². The minimum absolute atomic E-state index is 0.1000. The van der Waals surface area contributed by atoms with Crippen molar-refractivity contribution in [3.63, 3.8) is 0 Å². The highest BCUT2D eigenvalue weighted by Crippen LogP contribution is 2.33. The van der Waals surface area contributed by atoms with Crippen molar-refractivity contribution in [2.24, 2.45) is 0 Å². The average Bonchev–Trinajstić information content (AvgIpc) is 2.57. The van der Waals surface area contributed by atoms with E-state index in [1.165, 1.54) is 24.3 Å². The maximum Gasteiger partial charge on any atom is 0.387 e. The molecule has 0 heterocycles. The quantitative estimate of drug-likeness (QED) is 0.439. The monoisotopic (exact) mass is 392 g/mol. The summed E-state index contributed by atoms with van der Waals surface area (Å²) in [5.74, 6) is -0.415. The molecule has 0 unspecified atom stereocenters. The molecule has 0 saturated carbocycles. The van der Waals surface area contributed by atoms with Gasteiger partial charge in [-0.25, -0.2) is 4.79 Å². The number of carbonyl (C=O) groups is 1. The van der Waals surface area contributed by atoms with Gasteiger partial charge in [-0.3, -0.25) is 0 Å². The first kappa shape index (κ1) is 16.4. The number of ether oxygens (including phenoxy) is 2. The van der Waals surface area contributed by atoms with Crippen LogP contribution in [-0.2, 0) is 0 Å². The van der Waals surface area contributed by atoms with Crippen LogP contribution in [0.25, 0.3) is 10.8 Å². The summed E-state index contributed by atoms with van der Waals surface area (Å²) in [5, 5.41) is 1.90. The Kier molecular flexibility index (Phi) is 4.76. The maximum absolute atomic E-state index is 12.3. The van der Waals surface area contributed by atoms with Crippen molar-refractivity contribution in [2.75, 3.05) is 0 Å². The van der Waals surface area contributed by atoms with Crippen molar-refractivity contribution >= 4 is 32.7 Å². The third-order valence-corrected chi connectivity index (χ3v) is 4.14. The highest BCUT2D eigenvalue weighted by Gasteiger charge is 2.14. The SMILES string of the molecule is O=C(Oc1ccc2ccccc2c1Br)c1cccc(OC(F)F)c1. The Hall–Kier alpha value is -2.47. The van der Waals surface area contributed by atoms with E-state index < -0.39 is 12.6 Å². The van der Waals surface area contributed by atoms with Crippen molar-refractivity contribution in [3.8, 4) is 11.5 Å². The zero-order valence-electron chi connectivity index (χ0n) is 12.2. The third-order valence-electron chi connectivity index (χ3n) is 3.33. The van der Waals surface area contributed by atoms with Gasteiger partial charge in [-0.05, 0) is 51.0 Å². The Bertz CT molecular complexity index is 896. The second kappa shape index (κ2) is 6.97. The summed E-state index contributed by atoms with van der Waals surface area (Å²) in [6, 6.07) is 16.6. The second-order valence-electron chi connectivity index (χ2n) is 4.89. The highest BCUT2D eigenvalue weighted by molar-refractivity contribution is 9.10. The van der Waals surface area contributed by atoms with Gasteiger partial charge in [0.1, 0.15) is 11.5 Å². The van der Waals surface area contributed by atoms with Gasteiger partial charge in [0.2, 0.25) is 0 Å². The lowest BCUT2D eigenvalue weighted by molar-refractivity contribution is -0.0499. The van der Waals surface area contributed by atoms with Gasteiger partial charge < -0.3 is 9.47 Å². The fourth-order valence-corrected chi connectivity index (χ4v) is 2.82.